The van der Waals surface area contributed by atoms with Gasteiger partial charge in [0.25, 0.3) is 5.91 Å². The third kappa shape index (κ3) is 3.35. The number of nitrogens with one attached hydrogen (secondary N) is 1. The van der Waals surface area contributed by atoms with Crippen LogP contribution in [0.4, 0.5) is 14.5 Å². The smallest absolute Gasteiger partial charge is 0.337 e. The second kappa shape index (κ2) is 6.17. The first-order valence-electron chi connectivity index (χ1n) is 5.68. The largest absolute Gasteiger partial charge is 0.478 e. The standard InChI is InChI=1S/C14H8F2INO3/c15-7-4-5-8(10(16)6-7)13(19)18-12-9(14(20)21)2-1-3-11(12)17/h1-6H,(H,18,19)(H,20,21). The quantitative estimate of drug-likeness (QED) is 0.771. The Balaban J connectivity index is 2.38. The van der Waals surface area contributed by atoms with Crippen molar-refractivity contribution in [1.82, 2.24) is 0 Å². The molecule has 2 rings (SSSR count). The number of amides is 1. The van der Waals surface area contributed by atoms with Gasteiger partial charge in [-0.05, 0) is 46.9 Å². The first-order valence-corrected chi connectivity index (χ1v) is 6.76. The molecular formula is C14H8F2INO3. The molecule has 108 valence electrons. The number of carboxylic acids is 1. The summed E-state index contributed by atoms with van der Waals surface area (Å²) in [7, 11) is 0. The number of carbonyl (C=O) groups is 2. The topological polar surface area (TPSA) is 66.4 Å². The summed E-state index contributed by atoms with van der Waals surface area (Å²) in [5, 5.41) is 11.4. The van der Waals surface area contributed by atoms with E-state index < -0.39 is 23.5 Å². The monoisotopic (exact) mass is 403 g/mol. The molecule has 7 heteroatoms. The number of rotatable bonds is 3. The van der Waals surface area contributed by atoms with E-state index in [1.807, 2.05) is 22.6 Å². The summed E-state index contributed by atoms with van der Waals surface area (Å²) >= 11 is 1.85. The molecule has 2 N–H and O–H groups in total. The Kier molecular flexibility index (Phi) is 4.51. The van der Waals surface area contributed by atoms with Gasteiger partial charge < -0.3 is 10.4 Å². The van der Waals surface area contributed by atoms with E-state index in [-0.39, 0.29) is 16.8 Å². The molecule has 1 amide bonds. The lowest BCUT2D eigenvalue weighted by atomic mass is 10.1. The van der Waals surface area contributed by atoms with Crippen LogP contribution in [0.15, 0.2) is 36.4 Å². The van der Waals surface area contributed by atoms with Crippen molar-refractivity contribution < 1.29 is 23.5 Å². The summed E-state index contributed by atoms with van der Waals surface area (Å²) in [6.07, 6.45) is 0. The number of halogens is 3. The molecule has 0 heterocycles. The van der Waals surface area contributed by atoms with Gasteiger partial charge in [0.05, 0.1) is 16.8 Å². The maximum atomic E-state index is 13.5. The van der Waals surface area contributed by atoms with Crippen molar-refractivity contribution in [3.63, 3.8) is 0 Å². The molecule has 0 unspecified atom stereocenters. The molecule has 0 spiro atoms. The molecule has 2 aromatic carbocycles. The average molecular weight is 403 g/mol. The molecule has 0 aliphatic carbocycles. The molecule has 0 saturated carbocycles. The Labute approximate surface area is 131 Å². The number of hydrogen-bond acceptors (Lipinski definition) is 2. The average Bonchev–Trinajstić information content (AvgIpc) is 2.40. The lowest BCUT2D eigenvalue weighted by Crippen LogP contribution is -2.17. The van der Waals surface area contributed by atoms with Crippen molar-refractivity contribution in [3.05, 3.63) is 62.7 Å². The van der Waals surface area contributed by atoms with Crippen molar-refractivity contribution in [2.45, 2.75) is 0 Å². The Bertz CT molecular complexity index is 734. The molecule has 0 aliphatic rings. The normalized spacial score (nSPS) is 10.2. The van der Waals surface area contributed by atoms with Crippen molar-refractivity contribution in [1.29, 1.82) is 0 Å². The molecule has 0 bridgehead atoms. The summed E-state index contributed by atoms with van der Waals surface area (Å²) in [4.78, 5) is 23.1. The van der Waals surface area contributed by atoms with Crippen molar-refractivity contribution in [2.75, 3.05) is 5.32 Å². The van der Waals surface area contributed by atoms with Gasteiger partial charge in [-0.15, -0.1) is 0 Å². The van der Waals surface area contributed by atoms with E-state index in [0.717, 1.165) is 12.1 Å². The van der Waals surface area contributed by atoms with Gasteiger partial charge in [0, 0.05) is 9.64 Å². The summed E-state index contributed by atoms with van der Waals surface area (Å²) in [6.45, 7) is 0. The van der Waals surface area contributed by atoms with Crippen LogP contribution in [0.2, 0.25) is 0 Å². The predicted octanol–water partition coefficient (Wildman–Crippen LogP) is 3.52. The summed E-state index contributed by atoms with van der Waals surface area (Å²) in [5.74, 6) is -3.89. The highest BCUT2D eigenvalue weighted by molar-refractivity contribution is 14.1. The Morgan fingerprint density at radius 1 is 1.10 bits per heavy atom. The van der Waals surface area contributed by atoms with E-state index in [1.54, 1.807) is 6.07 Å². The van der Waals surface area contributed by atoms with Crippen LogP contribution in [0, 0.1) is 15.2 Å². The van der Waals surface area contributed by atoms with Crippen LogP contribution in [0.1, 0.15) is 20.7 Å². The van der Waals surface area contributed by atoms with Gasteiger partial charge in [-0.25, -0.2) is 13.6 Å². The molecule has 0 atom stereocenters. The third-order valence-electron chi connectivity index (χ3n) is 2.66. The maximum absolute atomic E-state index is 13.5. The number of anilines is 1. The van der Waals surface area contributed by atoms with Gasteiger partial charge >= 0.3 is 5.97 Å². The van der Waals surface area contributed by atoms with E-state index in [1.165, 1.54) is 12.1 Å². The number of aromatic carboxylic acids is 1. The second-order valence-corrected chi connectivity index (χ2v) is 5.21. The molecule has 0 fully saturated rings. The second-order valence-electron chi connectivity index (χ2n) is 4.05. The molecule has 0 radical (unpaired) electrons. The number of carbonyl (C=O) groups excluding carboxylic acids is 1. The number of carboxylic acid groups (broad SMARTS) is 1. The van der Waals surface area contributed by atoms with E-state index in [9.17, 15) is 18.4 Å². The number of benzene rings is 2. The molecule has 0 saturated heterocycles. The van der Waals surface area contributed by atoms with Gasteiger partial charge in [0.15, 0.2) is 0 Å². The minimum atomic E-state index is -1.22. The summed E-state index contributed by atoms with van der Waals surface area (Å²) in [6, 6.07) is 6.98. The lowest BCUT2D eigenvalue weighted by molar-refractivity contribution is 0.0698. The van der Waals surface area contributed by atoms with Crippen LogP contribution in [0.3, 0.4) is 0 Å². The fourth-order valence-corrected chi connectivity index (χ4v) is 2.32. The van der Waals surface area contributed by atoms with E-state index >= 15 is 0 Å². The maximum Gasteiger partial charge on any atom is 0.337 e. The number of hydrogen-bond donors (Lipinski definition) is 2. The van der Waals surface area contributed by atoms with Crippen molar-refractivity contribution in [3.8, 4) is 0 Å². The van der Waals surface area contributed by atoms with Gasteiger partial charge in [-0.3, -0.25) is 4.79 Å². The van der Waals surface area contributed by atoms with Gasteiger partial charge in [-0.2, -0.15) is 0 Å². The van der Waals surface area contributed by atoms with E-state index in [0.29, 0.717) is 9.64 Å². The minimum Gasteiger partial charge on any atom is -0.478 e. The highest BCUT2D eigenvalue weighted by atomic mass is 127. The zero-order valence-corrected chi connectivity index (χ0v) is 12.5. The highest BCUT2D eigenvalue weighted by Gasteiger charge is 2.18. The fraction of sp³-hybridized carbons (Fsp3) is 0. The van der Waals surface area contributed by atoms with Crippen LogP contribution in [0.25, 0.3) is 0 Å². The van der Waals surface area contributed by atoms with Gasteiger partial charge in [-0.1, -0.05) is 6.07 Å². The van der Waals surface area contributed by atoms with Crippen LogP contribution < -0.4 is 5.32 Å². The van der Waals surface area contributed by atoms with Crippen molar-refractivity contribution in [2.24, 2.45) is 0 Å². The molecule has 2 aromatic rings. The lowest BCUT2D eigenvalue weighted by Gasteiger charge is -2.11. The molecule has 4 nitrogen and oxygen atoms in total. The SMILES string of the molecule is O=C(Nc1c(I)cccc1C(=O)O)c1ccc(F)cc1F. The molecule has 0 aliphatic heterocycles. The minimum absolute atomic E-state index is 0.0688. The van der Waals surface area contributed by atoms with Crippen LogP contribution >= 0.6 is 22.6 Å². The van der Waals surface area contributed by atoms with Crippen LogP contribution in [0.5, 0.6) is 0 Å². The first-order chi connectivity index (χ1) is 9.90. The third-order valence-corrected chi connectivity index (χ3v) is 3.56. The summed E-state index contributed by atoms with van der Waals surface area (Å²) < 4.78 is 26.9. The first kappa shape index (κ1) is 15.4. The Hall–Kier alpha value is -2.03. The highest BCUT2D eigenvalue weighted by Crippen LogP contribution is 2.24. The number of para-hydroxylation sites is 1. The molecule has 0 aromatic heterocycles. The Morgan fingerprint density at radius 3 is 2.43 bits per heavy atom. The van der Waals surface area contributed by atoms with Crippen molar-refractivity contribution >= 4 is 40.2 Å². The zero-order chi connectivity index (χ0) is 15.6. The molecular weight excluding hydrogens is 395 g/mol. The van der Waals surface area contributed by atoms with Gasteiger partial charge in [0.1, 0.15) is 11.6 Å². The molecule has 21 heavy (non-hydrogen) atoms. The summed E-state index contributed by atoms with van der Waals surface area (Å²) in [5.41, 5.74) is -0.413. The Morgan fingerprint density at radius 2 is 1.81 bits per heavy atom. The fourth-order valence-electron chi connectivity index (χ4n) is 1.68. The van der Waals surface area contributed by atoms with Gasteiger partial charge in [0.2, 0.25) is 0 Å². The predicted molar refractivity (Wildman–Crippen MR) is 80.4 cm³/mol. The van der Waals surface area contributed by atoms with Crippen LogP contribution in [-0.4, -0.2) is 17.0 Å². The van der Waals surface area contributed by atoms with Crippen LogP contribution in [-0.2, 0) is 0 Å². The van der Waals surface area contributed by atoms with E-state index in [2.05, 4.69) is 5.32 Å². The van der Waals surface area contributed by atoms with E-state index in [4.69, 9.17) is 5.11 Å². The zero-order valence-electron chi connectivity index (χ0n) is 10.4.